The van der Waals surface area contributed by atoms with Gasteiger partial charge in [0.15, 0.2) is 5.82 Å². The minimum absolute atomic E-state index is 0.521. The largest absolute Gasteiger partial charge is 0.496 e. The van der Waals surface area contributed by atoms with Crippen molar-refractivity contribution in [2.75, 3.05) is 13.7 Å². The van der Waals surface area contributed by atoms with Crippen LogP contribution in [0.2, 0.25) is 0 Å². The summed E-state index contributed by atoms with van der Waals surface area (Å²) >= 11 is 0. The molecule has 2 N–H and O–H groups in total. The molecule has 1 aromatic carbocycles. The third kappa shape index (κ3) is 2.82. The van der Waals surface area contributed by atoms with Crippen molar-refractivity contribution in [3.8, 4) is 5.75 Å². The van der Waals surface area contributed by atoms with Crippen LogP contribution in [-0.2, 0) is 12.8 Å². The smallest absolute Gasteiger partial charge is 0.231 e. The molecular weight excluding hydrogens is 218 g/mol. The lowest BCUT2D eigenvalue weighted by molar-refractivity contribution is 0.374. The third-order valence-electron chi connectivity index (χ3n) is 2.41. The van der Waals surface area contributed by atoms with Crippen molar-refractivity contribution in [1.82, 2.24) is 10.1 Å². The van der Waals surface area contributed by atoms with E-state index in [2.05, 4.69) is 10.1 Å². The number of para-hydroxylation sites is 1. The van der Waals surface area contributed by atoms with Gasteiger partial charge in [-0.1, -0.05) is 23.4 Å². The van der Waals surface area contributed by atoms with Crippen molar-refractivity contribution in [2.45, 2.75) is 12.8 Å². The number of ether oxygens (including phenoxy) is 1. The van der Waals surface area contributed by atoms with Crippen molar-refractivity contribution in [3.63, 3.8) is 0 Å². The van der Waals surface area contributed by atoms with E-state index in [1.165, 1.54) is 0 Å². The van der Waals surface area contributed by atoms with Gasteiger partial charge in [0.1, 0.15) is 5.75 Å². The maximum Gasteiger partial charge on any atom is 0.231 e. The highest BCUT2D eigenvalue weighted by atomic mass is 16.5. The highest BCUT2D eigenvalue weighted by Gasteiger charge is 2.09. The maximum atomic E-state index is 5.43. The van der Waals surface area contributed by atoms with Crippen molar-refractivity contribution in [3.05, 3.63) is 41.5 Å². The first kappa shape index (κ1) is 11.6. The zero-order chi connectivity index (χ0) is 12.1. The quantitative estimate of drug-likeness (QED) is 0.839. The van der Waals surface area contributed by atoms with Gasteiger partial charge in [0.25, 0.3) is 0 Å². The average molecular weight is 233 g/mol. The fourth-order valence-electron chi connectivity index (χ4n) is 1.60. The number of nitrogens with two attached hydrogens (primary N) is 1. The molecule has 0 spiro atoms. The molecule has 0 unspecified atom stereocenters. The minimum Gasteiger partial charge on any atom is -0.496 e. The molecule has 0 aliphatic rings. The number of hydrogen-bond acceptors (Lipinski definition) is 5. The summed E-state index contributed by atoms with van der Waals surface area (Å²) in [5.41, 5.74) is 6.45. The Kier molecular flexibility index (Phi) is 3.72. The van der Waals surface area contributed by atoms with Crippen LogP contribution in [0.5, 0.6) is 5.75 Å². The standard InChI is InChI=1S/C12H15N3O2/c1-16-10-5-3-2-4-9(10)8-12-14-11(6-7-13)15-17-12/h2-5H,6-8,13H2,1H3. The van der Waals surface area contributed by atoms with Gasteiger partial charge in [-0.3, -0.25) is 0 Å². The summed E-state index contributed by atoms with van der Waals surface area (Å²) < 4.78 is 10.4. The van der Waals surface area contributed by atoms with Gasteiger partial charge in [-0.05, 0) is 12.6 Å². The van der Waals surface area contributed by atoms with Crippen molar-refractivity contribution in [2.24, 2.45) is 5.73 Å². The monoisotopic (exact) mass is 233 g/mol. The van der Waals surface area contributed by atoms with Crippen LogP contribution in [0.15, 0.2) is 28.8 Å². The second kappa shape index (κ2) is 5.45. The lowest BCUT2D eigenvalue weighted by Crippen LogP contribution is -2.04. The molecule has 1 heterocycles. The highest BCUT2D eigenvalue weighted by Crippen LogP contribution is 2.20. The lowest BCUT2D eigenvalue weighted by Gasteiger charge is -2.04. The summed E-state index contributed by atoms with van der Waals surface area (Å²) in [6.45, 7) is 0.521. The average Bonchev–Trinajstić information content (AvgIpc) is 2.78. The Balaban J connectivity index is 2.13. The van der Waals surface area contributed by atoms with Gasteiger partial charge in [-0.15, -0.1) is 0 Å². The van der Waals surface area contributed by atoms with Crippen LogP contribution >= 0.6 is 0 Å². The van der Waals surface area contributed by atoms with E-state index in [4.69, 9.17) is 15.0 Å². The van der Waals surface area contributed by atoms with Crippen LogP contribution in [0.25, 0.3) is 0 Å². The van der Waals surface area contributed by atoms with Crippen LogP contribution in [-0.4, -0.2) is 23.8 Å². The lowest BCUT2D eigenvalue weighted by atomic mass is 10.1. The van der Waals surface area contributed by atoms with Crippen LogP contribution in [0, 0.1) is 0 Å². The molecule has 0 aliphatic carbocycles. The number of aromatic nitrogens is 2. The van der Waals surface area contributed by atoms with Crippen molar-refractivity contribution in [1.29, 1.82) is 0 Å². The van der Waals surface area contributed by atoms with Gasteiger partial charge in [-0.25, -0.2) is 0 Å². The van der Waals surface area contributed by atoms with E-state index in [9.17, 15) is 0 Å². The van der Waals surface area contributed by atoms with Crippen LogP contribution in [0.1, 0.15) is 17.3 Å². The molecule has 17 heavy (non-hydrogen) atoms. The van der Waals surface area contributed by atoms with Gasteiger partial charge in [0.05, 0.1) is 13.5 Å². The number of nitrogens with zero attached hydrogens (tertiary/aromatic N) is 2. The molecule has 0 amide bonds. The molecule has 0 fully saturated rings. The fourth-order valence-corrected chi connectivity index (χ4v) is 1.60. The topological polar surface area (TPSA) is 74.2 Å². The number of rotatable bonds is 5. The van der Waals surface area contributed by atoms with Crippen LogP contribution in [0.3, 0.4) is 0 Å². The molecule has 2 aromatic rings. The van der Waals surface area contributed by atoms with E-state index >= 15 is 0 Å². The van der Waals surface area contributed by atoms with E-state index in [1.54, 1.807) is 7.11 Å². The molecule has 0 saturated heterocycles. The summed E-state index contributed by atoms with van der Waals surface area (Å²) in [4.78, 5) is 4.26. The maximum absolute atomic E-state index is 5.43. The molecule has 90 valence electrons. The summed E-state index contributed by atoms with van der Waals surface area (Å²) in [7, 11) is 1.65. The van der Waals surface area contributed by atoms with Gasteiger partial charge < -0.3 is 15.0 Å². The SMILES string of the molecule is COc1ccccc1Cc1nc(CCN)no1. The Labute approximate surface area is 99.6 Å². The Bertz CT molecular complexity index is 482. The van der Waals surface area contributed by atoms with Crippen LogP contribution < -0.4 is 10.5 Å². The van der Waals surface area contributed by atoms with Gasteiger partial charge >= 0.3 is 0 Å². The molecule has 2 rings (SSSR count). The second-order valence-electron chi connectivity index (χ2n) is 3.63. The second-order valence-corrected chi connectivity index (χ2v) is 3.63. The first-order valence-corrected chi connectivity index (χ1v) is 5.47. The Morgan fingerprint density at radius 1 is 1.35 bits per heavy atom. The first-order valence-electron chi connectivity index (χ1n) is 5.47. The van der Waals surface area contributed by atoms with E-state index in [-0.39, 0.29) is 0 Å². The molecule has 0 aliphatic heterocycles. The molecule has 0 bridgehead atoms. The molecule has 0 atom stereocenters. The van der Waals surface area contributed by atoms with Crippen molar-refractivity contribution < 1.29 is 9.26 Å². The summed E-state index contributed by atoms with van der Waals surface area (Å²) in [6.07, 6.45) is 1.21. The van der Waals surface area contributed by atoms with E-state index < -0.39 is 0 Å². The minimum atomic E-state index is 0.521. The molecule has 0 radical (unpaired) electrons. The Morgan fingerprint density at radius 3 is 2.94 bits per heavy atom. The molecule has 5 heteroatoms. The van der Waals surface area contributed by atoms with Gasteiger partial charge in [-0.2, -0.15) is 4.98 Å². The Morgan fingerprint density at radius 2 is 2.18 bits per heavy atom. The van der Waals surface area contributed by atoms with E-state index in [1.807, 2.05) is 24.3 Å². The molecule has 1 aromatic heterocycles. The van der Waals surface area contributed by atoms with Crippen molar-refractivity contribution >= 4 is 0 Å². The zero-order valence-corrected chi connectivity index (χ0v) is 9.72. The van der Waals surface area contributed by atoms with Crippen LogP contribution in [0.4, 0.5) is 0 Å². The molecular formula is C12H15N3O2. The summed E-state index contributed by atoms with van der Waals surface area (Å²) in [5.74, 6) is 2.06. The molecule has 5 nitrogen and oxygen atoms in total. The van der Waals surface area contributed by atoms with E-state index in [0.29, 0.717) is 31.1 Å². The van der Waals surface area contributed by atoms with Gasteiger partial charge in [0.2, 0.25) is 5.89 Å². The number of benzene rings is 1. The first-order chi connectivity index (χ1) is 8.33. The predicted octanol–water partition coefficient (Wildman–Crippen LogP) is 1.17. The summed E-state index contributed by atoms with van der Waals surface area (Å²) in [5, 5.41) is 3.85. The molecule has 0 saturated carbocycles. The Hall–Kier alpha value is -1.88. The highest BCUT2D eigenvalue weighted by molar-refractivity contribution is 5.34. The zero-order valence-electron chi connectivity index (χ0n) is 9.72. The number of hydrogen-bond donors (Lipinski definition) is 1. The third-order valence-corrected chi connectivity index (χ3v) is 2.41. The fraction of sp³-hybridized carbons (Fsp3) is 0.333. The van der Waals surface area contributed by atoms with Gasteiger partial charge in [0, 0.05) is 12.0 Å². The van der Waals surface area contributed by atoms with E-state index in [0.717, 1.165) is 11.3 Å². The normalized spacial score (nSPS) is 10.5. The summed E-state index contributed by atoms with van der Waals surface area (Å²) in [6, 6.07) is 7.77. The number of methoxy groups -OCH3 is 1. The predicted molar refractivity (Wildman–Crippen MR) is 62.9 cm³/mol.